The van der Waals surface area contributed by atoms with E-state index in [0.717, 1.165) is 24.6 Å². The molecule has 1 atom stereocenters. The van der Waals surface area contributed by atoms with Gasteiger partial charge in [-0.05, 0) is 24.3 Å². The molecule has 0 amide bonds. The van der Waals surface area contributed by atoms with Gasteiger partial charge in [0.25, 0.3) is 0 Å². The molecule has 0 fully saturated rings. The van der Waals surface area contributed by atoms with E-state index in [1.807, 2.05) is 12.3 Å². The van der Waals surface area contributed by atoms with Gasteiger partial charge in [0, 0.05) is 31.0 Å². The van der Waals surface area contributed by atoms with Crippen LogP contribution in [0.4, 0.5) is 11.5 Å². The Morgan fingerprint density at radius 2 is 2.00 bits per heavy atom. The SMILES string of the molecule is CCNc1cc(NCC(C)C(C)(C)C)ccn1. The minimum absolute atomic E-state index is 0.338. The summed E-state index contributed by atoms with van der Waals surface area (Å²) in [5.74, 6) is 1.55. The summed E-state index contributed by atoms with van der Waals surface area (Å²) in [5, 5.41) is 6.68. The Morgan fingerprint density at radius 3 is 2.59 bits per heavy atom. The fraction of sp³-hybridized carbons (Fsp3) is 0.643. The van der Waals surface area contributed by atoms with Gasteiger partial charge in [-0.1, -0.05) is 27.7 Å². The van der Waals surface area contributed by atoms with E-state index in [-0.39, 0.29) is 0 Å². The summed E-state index contributed by atoms with van der Waals surface area (Å²) in [6.07, 6.45) is 1.84. The minimum atomic E-state index is 0.338. The average molecular weight is 235 g/mol. The average Bonchev–Trinajstić information content (AvgIpc) is 2.25. The van der Waals surface area contributed by atoms with Gasteiger partial charge in [-0.3, -0.25) is 0 Å². The highest BCUT2D eigenvalue weighted by Crippen LogP contribution is 2.25. The topological polar surface area (TPSA) is 37.0 Å². The first kappa shape index (κ1) is 13.8. The maximum absolute atomic E-state index is 4.25. The van der Waals surface area contributed by atoms with Gasteiger partial charge in [0.1, 0.15) is 5.82 Å². The van der Waals surface area contributed by atoms with E-state index in [1.54, 1.807) is 0 Å². The Labute approximate surface area is 105 Å². The van der Waals surface area contributed by atoms with Gasteiger partial charge in [0.15, 0.2) is 0 Å². The molecule has 0 saturated heterocycles. The lowest BCUT2D eigenvalue weighted by molar-refractivity contribution is 0.274. The zero-order chi connectivity index (χ0) is 12.9. The largest absolute Gasteiger partial charge is 0.385 e. The van der Waals surface area contributed by atoms with E-state index in [4.69, 9.17) is 0 Å². The fourth-order valence-corrected chi connectivity index (χ4v) is 1.40. The van der Waals surface area contributed by atoms with E-state index in [1.165, 1.54) is 0 Å². The molecule has 0 aliphatic rings. The van der Waals surface area contributed by atoms with Crippen LogP contribution in [0.3, 0.4) is 0 Å². The molecular weight excluding hydrogens is 210 g/mol. The third kappa shape index (κ3) is 4.63. The van der Waals surface area contributed by atoms with Crippen LogP contribution in [-0.2, 0) is 0 Å². The van der Waals surface area contributed by atoms with Crippen LogP contribution >= 0.6 is 0 Å². The maximum atomic E-state index is 4.25. The van der Waals surface area contributed by atoms with Crippen LogP contribution in [-0.4, -0.2) is 18.1 Å². The Kier molecular flexibility index (Phi) is 4.79. The van der Waals surface area contributed by atoms with Crippen molar-refractivity contribution in [1.82, 2.24) is 4.98 Å². The second-order valence-corrected chi connectivity index (χ2v) is 5.61. The van der Waals surface area contributed by atoms with Crippen LogP contribution in [0.15, 0.2) is 18.3 Å². The highest BCUT2D eigenvalue weighted by atomic mass is 15.0. The number of pyridine rings is 1. The number of anilines is 2. The lowest BCUT2D eigenvalue weighted by Crippen LogP contribution is -2.24. The Balaban J connectivity index is 2.54. The molecule has 2 N–H and O–H groups in total. The molecule has 1 heterocycles. The standard InChI is InChI=1S/C14H25N3/c1-6-15-13-9-12(7-8-16-13)17-10-11(2)14(3,4)5/h7-9,11H,6,10H2,1-5H3,(H2,15,16,17). The van der Waals surface area contributed by atoms with Crippen molar-refractivity contribution in [3.8, 4) is 0 Å². The number of hydrogen-bond acceptors (Lipinski definition) is 3. The third-order valence-corrected chi connectivity index (χ3v) is 3.21. The number of rotatable bonds is 5. The Hall–Kier alpha value is -1.25. The molecule has 3 nitrogen and oxygen atoms in total. The molecule has 0 aromatic carbocycles. The van der Waals surface area contributed by atoms with Gasteiger partial charge in [-0.15, -0.1) is 0 Å². The van der Waals surface area contributed by atoms with Crippen LogP contribution in [0, 0.1) is 11.3 Å². The van der Waals surface area contributed by atoms with E-state index >= 15 is 0 Å². The van der Waals surface area contributed by atoms with E-state index in [2.05, 4.69) is 56.3 Å². The zero-order valence-corrected chi connectivity index (χ0v) is 11.7. The second kappa shape index (κ2) is 5.89. The monoisotopic (exact) mass is 235 g/mol. The third-order valence-electron chi connectivity index (χ3n) is 3.21. The summed E-state index contributed by atoms with van der Waals surface area (Å²) in [7, 11) is 0. The van der Waals surface area contributed by atoms with Crippen LogP contribution in [0.25, 0.3) is 0 Å². The number of nitrogens with one attached hydrogen (secondary N) is 2. The van der Waals surface area contributed by atoms with Gasteiger partial charge in [-0.25, -0.2) is 4.98 Å². The summed E-state index contributed by atoms with van der Waals surface area (Å²) in [6.45, 7) is 13.1. The van der Waals surface area contributed by atoms with Crippen molar-refractivity contribution in [1.29, 1.82) is 0 Å². The molecule has 1 aromatic heterocycles. The predicted octanol–water partition coefficient (Wildman–Crippen LogP) is 3.61. The lowest BCUT2D eigenvalue weighted by atomic mass is 9.82. The van der Waals surface area contributed by atoms with E-state index in [0.29, 0.717) is 11.3 Å². The molecular formula is C14H25N3. The van der Waals surface area contributed by atoms with E-state index < -0.39 is 0 Å². The molecule has 1 rings (SSSR count). The van der Waals surface area contributed by atoms with Crippen molar-refractivity contribution in [3.05, 3.63) is 18.3 Å². The second-order valence-electron chi connectivity index (χ2n) is 5.61. The zero-order valence-electron chi connectivity index (χ0n) is 11.7. The van der Waals surface area contributed by atoms with Crippen LogP contribution in [0.1, 0.15) is 34.6 Å². The summed E-state index contributed by atoms with van der Waals surface area (Å²) < 4.78 is 0. The Bertz CT molecular complexity index is 342. The van der Waals surface area contributed by atoms with Crippen molar-refractivity contribution in [2.45, 2.75) is 34.6 Å². The highest BCUT2D eigenvalue weighted by molar-refractivity contribution is 5.51. The smallest absolute Gasteiger partial charge is 0.127 e. The number of hydrogen-bond donors (Lipinski definition) is 2. The van der Waals surface area contributed by atoms with Crippen molar-refractivity contribution in [2.75, 3.05) is 23.7 Å². The van der Waals surface area contributed by atoms with Crippen LogP contribution in [0.5, 0.6) is 0 Å². The molecule has 0 radical (unpaired) electrons. The lowest BCUT2D eigenvalue weighted by Gasteiger charge is -2.27. The number of nitrogens with zero attached hydrogens (tertiary/aromatic N) is 1. The molecule has 3 heteroatoms. The van der Waals surface area contributed by atoms with Crippen molar-refractivity contribution < 1.29 is 0 Å². The fourth-order valence-electron chi connectivity index (χ4n) is 1.40. The quantitative estimate of drug-likeness (QED) is 0.818. The van der Waals surface area contributed by atoms with Crippen molar-refractivity contribution >= 4 is 11.5 Å². The summed E-state index contributed by atoms with van der Waals surface area (Å²) in [4.78, 5) is 4.25. The summed E-state index contributed by atoms with van der Waals surface area (Å²) >= 11 is 0. The van der Waals surface area contributed by atoms with Gasteiger partial charge in [0.2, 0.25) is 0 Å². The predicted molar refractivity (Wildman–Crippen MR) is 75.5 cm³/mol. The molecule has 0 aliphatic carbocycles. The Morgan fingerprint density at radius 1 is 1.29 bits per heavy atom. The van der Waals surface area contributed by atoms with Gasteiger partial charge in [-0.2, -0.15) is 0 Å². The molecule has 0 aliphatic heterocycles. The maximum Gasteiger partial charge on any atom is 0.127 e. The molecule has 1 aromatic rings. The first-order valence-electron chi connectivity index (χ1n) is 6.37. The minimum Gasteiger partial charge on any atom is -0.385 e. The van der Waals surface area contributed by atoms with Crippen LogP contribution in [0.2, 0.25) is 0 Å². The molecule has 0 saturated carbocycles. The van der Waals surface area contributed by atoms with Crippen molar-refractivity contribution in [2.24, 2.45) is 11.3 Å². The van der Waals surface area contributed by atoms with E-state index in [9.17, 15) is 0 Å². The summed E-state index contributed by atoms with van der Waals surface area (Å²) in [5.41, 5.74) is 1.47. The molecule has 1 unspecified atom stereocenters. The van der Waals surface area contributed by atoms with Gasteiger partial charge >= 0.3 is 0 Å². The van der Waals surface area contributed by atoms with Gasteiger partial charge < -0.3 is 10.6 Å². The molecule has 96 valence electrons. The van der Waals surface area contributed by atoms with Gasteiger partial charge in [0.05, 0.1) is 0 Å². The highest BCUT2D eigenvalue weighted by Gasteiger charge is 2.19. The molecule has 17 heavy (non-hydrogen) atoms. The first-order valence-corrected chi connectivity index (χ1v) is 6.37. The number of aromatic nitrogens is 1. The first-order chi connectivity index (χ1) is 7.93. The van der Waals surface area contributed by atoms with Crippen LogP contribution < -0.4 is 10.6 Å². The normalized spacial score (nSPS) is 13.2. The molecule has 0 bridgehead atoms. The molecule has 0 spiro atoms. The summed E-state index contributed by atoms with van der Waals surface area (Å²) in [6, 6.07) is 4.06. The van der Waals surface area contributed by atoms with Crippen molar-refractivity contribution in [3.63, 3.8) is 0 Å².